The van der Waals surface area contributed by atoms with E-state index in [4.69, 9.17) is 56.2 Å². The van der Waals surface area contributed by atoms with Crippen molar-refractivity contribution in [2.45, 2.75) is 51.2 Å². The highest BCUT2D eigenvalue weighted by molar-refractivity contribution is 6.99. The second kappa shape index (κ2) is 20.3. The third kappa shape index (κ3) is 8.57. The first-order chi connectivity index (χ1) is 33.0. The Hall–Kier alpha value is -6.71. The number of benzene rings is 6. The molecule has 0 amide bonds. The molecule has 1 saturated heterocycles. The van der Waals surface area contributed by atoms with Gasteiger partial charge in [0.1, 0.15) is 35.5 Å². The molecule has 68 heavy (non-hydrogen) atoms. The van der Waals surface area contributed by atoms with Crippen molar-refractivity contribution in [1.82, 2.24) is 0 Å². The molecular formula is C54H58O13Si. The van der Waals surface area contributed by atoms with E-state index in [2.05, 4.69) is 45.0 Å². The van der Waals surface area contributed by atoms with Gasteiger partial charge in [0.15, 0.2) is 40.6 Å². The van der Waals surface area contributed by atoms with Gasteiger partial charge in [-0.1, -0.05) is 112 Å². The normalized spacial score (nSPS) is 13.6. The van der Waals surface area contributed by atoms with Gasteiger partial charge in [0.2, 0.25) is 0 Å². The SMILES string of the molecule is COC(=O)c1c(C2OCCO2)cc(CC(O[Si](c2ccccc2)(c2ccccc2)C(C)(C)C)c2cc3c(OC)c4c(OC)cc(OC)c(OC)c4c(OC)c3o2)c(OCc2ccccc2)c1OC. The molecular weight excluding hydrogens is 885 g/mol. The van der Waals surface area contributed by atoms with Crippen LogP contribution in [0.4, 0.5) is 0 Å². The second-order valence-corrected chi connectivity index (χ2v) is 21.5. The van der Waals surface area contributed by atoms with Gasteiger partial charge in [0, 0.05) is 23.6 Å². The van der Waals surface area contributed by atoms with Gasteiger partial charge in [-0.05, 0) is 33.1 Å². The lowest BCUT2D eigenvalue weighted by Gasteiger charge is -2.45. The van der Waals surface area contributed by atoms with E-state index in [-0.39, 0.29) is 24.3 Å². The molecule has 1 fully saturated rings. The minimum Gasteiger partial charge on any atom is -0.496 e. The number of furan rings is 1. The summed E-state index contributed by atoms with van der Waals surface area (Å²) in [7, 11) is 7.31. The molecule has 7 aromatic rings. The summed E-state index contributed by atoms with van der Waals surface area (Å²) in [5.41, 5.74) is 2.45. The maximum absolute atomic E-state index is 13.9. The van der Waals surface area contributed by atoms with Crippen molar-refractivity contribution < 1.29 is 61.0 Å². The fourth-order valence-corrected chi connectivity index (χ4v) is 14.1. The van der Waals surface area contributed by atoms with Crippen molar-refractivity contribution >= 4 is 46.4 Å². The Morgan fingerprint density at radius 2 is 1.22 bits per heavy atom. The lowest BCUT2D eigenvalue weighted by Crippen LogP contribution is -2.67. The van der Waals surface area contributed by atoms with E-state index < -0.39 is 31.7 Å². The Bertz CT molecular complexity index is 2830. The van der Waals surface area contributed by atoms with Gasteiger partial charge in [0.25, 0.3) is 8.32 Å². The monoisotopic (exact) mass is 942 g/mol. The van der Waals surface area contributed by atoms with Crippen LogP contribution in [-0.4, -0.2) is 77.3 Å². The highest BCUT2D eigenvalue weighted by Crippen LogP contribution is 2.55. The minimum absolute atomic E-state index is 0.126. The number of hydrogen-bond acceptors (Lipinski definition) is 13. The fraction of sp³-hybridized carbons (Fsp3) is 0.315. The van der Waals surface area contributed by atoms with E-state index in [9.17, 15) is 4.79 Å². The van der Waals surface area contributed by atoms with Gasteiger partial charge < -0.3 is 56.2 Å². The molecule has 0 N–H and O–H groups in total. The average molecular weight is 943 g/mol. The number of carbonyl (C=O) groups excluding carboxylic acids is 1. The number of ether oxygens (including phenoxy) is 10. The van der Waals surface area contributed by atoms with Crippen molar-refractivity contribution in [2.24, 2.45) is 0 Å². The van der Waals surface area contributed by atoms with Gasteiger partial charge in [-0.3, -0.25) is 0 Å². The molecule has 0 aliphatic carbocycles. The Kier molecular flexibility index (Phi) is 14.2. The van der Waals surface area contributed by atoms with E-state index in [0.717, 1.165) is 15.9 Å². The Morgan fingerprint density at radius 3 is 1.75 bits per heavy atom. The first-order valence-corrected chi connectivity index (χ1v) is 24.2. The molecule has 13 nitrogen and oxygen atoms in total. The van der Waals surface area contributed by atoms with Crippen LogP contribution in [0.25, 0.3) is 21.7 Å². The summed E-state index contributed by atoms with van der Waals surface area (Å²) in [6, 6.07) is 36.1. The van der Waals surface area contributed by atoms with Crippen LogP contribution in [0.3, 0.4) is 0 Å². The largest absolute Gasteiger partial charge is 0.496 e. The van der Waals surface area contributed by atoms with Gasteiger partial charge in [0.05, 0.1) is 79.1 Å². The summed E-state index contributed by atoms with van der Waals surface area (Å²) in [6.45, 7) is 7.46. The zero-order chi connectivity index (χ0) is 48.2. The van der Waals surface area contributed by atoms with E-state index >= 15 is 0 Å². The van der Waals surface area contributed by atoms with Crippen molar-refractivity contribution in [3.63, 3.8) is 0 Å². The van der Waals surface area contributed by atoms with Crippen LogP contribution in [-0.2, 0) is 31.7 Å². The predicted molar refractivity (Wildman–Crippen MR) is 261 cm³/mol. The van der Waals surface area contributed by atoms with Crippen LogP contribution >= 0.6 is 0 Å². The number of hydrogen-bond donors (Lipinski definition) is 0. The molecule has 8 rings (SSSR count). The topological polar surface area (TPSA) is 132 Å². The lowest BCUT2D eigenvalue weighted by molar-refractivity contribution is -0.0451. The second-order valence-electron chi connectivity index (χ2n) is 17.2. The zero-order valence-corrected chi connectivity index (χ0v) is 41.2. The molecule has 1 aromatic heterocycles. The quantitative estimate of drug-likeness (QED) is 0.0598. The van der Waals surface area contributed by atoms with Crippen LogP contribution in [0.5, 0.6) is 40.2 Å². The third-order valence-corrected chi connectivity index (χ3v) is 17.5. The first kappa shape index (κ1) is 47.8. The molecule has 0 radical (unpaired) electrons. The lowest BCUT2D eigenvalue weighted by atomic mass is 9.96. The Labute approximate surface area is 397 Å². The Balaban J connectivity index is 1.46. The van der Waals surface area contributed by atoms with E-state index in [1.54, 1.807) is 41.6 Å². The number of fused-ring (bicyclic) bond motifs is 2. The smallest absolute Gasteiger partial charge is 0.342 e. The molecule has 1 unspecified atom stereocenters. The summed E-state index contributed by atoms with van der Waals surface area (Å²) in [6.07, 6.45) is -1.63. The number of esters is 1. The van der Waals surface area contributed by atoms with Gasteiger partial charge in [-0.25, -0.2) is 4.79 Å². The highest BCUT2D eigenvalue weighted by atomic mass is 28.4. The Morgan fingerprint density at radius 1 is 0.647 bits per heavy atom. The molecule has 1 aliphatic rings. The first-order valence-electron chi connectivity index (χ1n) is 22.3. The fourth-order valence-electron chi connectivity index (χ4n) is 9.43. The van der Waals surface area contributed by atoms with Crippen molar-refractivity contribution in [3.8, 4) is 40.2 Å². The predicted octanol–water partition coefficient (Wildman–Crippen LogP) is 9.91. The van der Waals surface area contributed by atoms with E-state index in [0.29, 0.717) is 86.3 Å². The number of rotatable bonds is 18. The molecule has 14 heteroatoms. The summed E-state index contributed by atoms with van der Waals surface area (Å²) in [4.78, 5) is 13.9. The summed E-state index contributed by atoms with van der Waals surface area (Å²) < 4.78 is 76.0. The van der Waals surface area contributed by atoms with Crippen LogP contribution < -0.4 is 43.5 Å². The summed E-state index contributed by atoms with van der Waals surface area (Å²) in [5.74, 6) is 2.41. The molecule has 1 atom stereocenters. The van der Waals surface area contributed by atoms with Crippen LogP contribution in [0.1, 0.15) is 66.0 Å². The van der Waals surface area contributed by atoms with E-state index in [1.165, 1.54) is 14.2 Å². The maximum atomic E-state index is 13.9. The minimum atomic E-state index is -3.39. The summed E-state index contributed by atoms with van der Waals surface area (Å²) >= 11 is 0. The highest BCUT2D eigenvalue weighted by Gasteiger charge is 2.52. The third-order valence-electron chi connectivity index (χ3n) is 12.4. The van der Waals surface area contributed by atoms with Gasteiger partial charge in [-0.2, -0.15) is 0 Å². The average Bonchev–Trinajstić information content (AvgIpc) is 4.07. The van der Waals surface area contributed by atoms with Gasteiger partial charge >= 0.3 is 5.97 Å². The van der Waals surface area contributed by atoms with Crippen LogP contribution in [0, 0.1) is 0 Å². The van der Waals surface area contributed by atoms with Gasteiger partial charge in [-0.15, -0.1) is 0 Å². The molecule has 0 bridgehead atoms. The van der Waals surface area contributed by atoms with Crippen LogP contribution in [0.2, 0.25) is 5.04 Å². The molecule has 0 spiro atoms. The molecule has 356 valence electrons. The molecule has 0 saturated carbocycles. The standard InChI is InChI=1S/C54H58O13Si/c1-54(2,3)68(35-22-16-12-17-23-35,36-24-18-13-19-25-36)67-40(39-30-38-47(58-6)44-41(56-4)31-42(57-5)49(59-7)45(44)51(61-9)48(38)66-39)29-34-28-37(53-63-26-27-64-53)43(52(55)62-10)50(60-8)46(34)65-32-33-20-14-11-15-21-33/h11-25,28,30-31,40,53H,26-27,29,32H2,1-10H3. The van der Waals surface area contributed by atoms with E-state index in [1.807, 2.05) is 78.9 Å². The summed E-state index contributed by atoms with van der Waals surface area (Å²) in [5, 5.41) is 3.36. The zero-order valence-electron chi connectivity index (χ0n) is 40.2. The van der Waals surface area contributed by atoms with Crippen LogP contribution in [0.15, 0.2) is 114 Å². The molecule has 6 aromatic carbocycles. The molecule has 2 heterocycles. The van der Waals surface area contributed by atoms with Crippen molar-refractivity contribution in [1.29, 1.82) is 0 Å². The number of methoxy groups -OCH3 is 7. The van der Waals surface area contributed by atoms with Crippen molar-refractivity contribution in [3.05, 3.63) is 137 Å². The number of carbonyl (C=O) groups is 1. The maximum Gasteiger partial charge on any atom is 0.342 e. The van der Waals surface area contributed by atoms with Crippen molar-refractivity contribution in [2.75, 3.05) is 63.0 Å². The molecule has 1 aliphatic heterocycles.